The van der Waals surface area contributed by atoms with Crippen molar-refractivity contribution in [3.63, 3.8) is 0 Å². The fourth-order valence-corrected chi connectivity index (χ4v) is 1.56. The van der Waals surface area contributed by atoms with Crippen LogP contribution in [0.3, 0.4) is 0 Å². The lowest BCUT2D eigenvalue weighted by molar-refractivity contribution is 0.249. The third-order valence-corrected chi connectivity index (χ3v) is 2.41. The highest BCUT2D eigenvalue weighted by molar-refractivity contribution is 5.82. The Morgan fingerprint density at radius 3 is 2.22 bits per heavy atom. The van der Waals surface area contributed by atoms with Crippen molar-refractivity contribution in [2.45, 2.75) is 0 Å². The molecule has 0 spiro atoms. The van der Waals surface area contributed by atoms with Crippen LogP contribution in [0.1, 0.15) is 5.56 Å². The van der Waals surface area contributed by atoms with E-state index in [9.17, 15) is 4.79 Å². The van der Waals surface area contributed by atoms with Crippen LogP contribution in [0.15, 0.2) is 59.7 Å². The Morgan fingerprint density at radius 2 is 1.61 bits per heavy atom. The second-order valence-electron chi connectivity index (χ2n) is 3.72. The van der Waals surface area contributed by atoms with Gasteiger partial charge in [-0.15, -0.1) is 0 Å². The van der Waals surface area contributed by atoms with E-state index < -0.39 is 6.03 Å². The van der Waals surface area contributed by atoms with Gasteiger partial charge in [0.05, 0.1) is 6.21 Å². The van der Waals surface area contributed by atoms with E-state index in [0.29, 0.717) is 0 Å². The number of hydrazone groups is 1. The molecule has 2 rings (SSSR count). The first-order valence-electron chi connectivity index (χ1n) is 5.50. The number of carbonyl (C=O) groups is 1. The topological polar surface area (TPSA) is 67.5 Å². The number of rotatable bonds is 3. The lowest BCUT2D eigenvalue weighted by Gasteiger charge is -2.01. The predicted molar refractivity (Wildman–Crippen MR) is 72.2 cm³/mol. The first-order valence-corrected chi connectivity index (χ1v) is 5.50. The summed E-state index contributed by atoms with van der Waals surface area (Å²) in [5, 5.41) is 3.69. The summed E-state index contributed by atoms with van der Waals surface area (Å²) in [4.78, 5) is 10.4. The van der Waals surface area contributed by atoms with Crippen LogP contribution in [0.5, 0.6) is 0 Å². The van der Waals surface area contributed by atoms with E-state index in [1.807, 2.05) is 42.5 Å². The quantitative estimate of drug-likeness (QED) is 0.626. The monoisotopic (exact) mass is 239 g/mol. The predicted octanol–water partition coefficient (Wildman–Crippen LogP) is 2.36. The Balaban J connectivity index is 2.11. The average molecular weight is 239 g/mol. The molecule has 0 bridgehead atoms. The van der Waals surface area contributed by atoms with Crippen molar-refractivity contribution in [3.8, 4) is 11.1 Å². The molecule has 0 atom stereocenters. The highest BCUT2D eigenvalue weighted by Gasteiger charge is 1.95. The van der Waals surface area contributed by atoms with E-state index >= 15 is 0 Å². The summed E-state index contributed by atoms with van der Waals surface area (Å²) in [5.41, 5.74) is 10.2. The fraction of sp³-hybridized carbons (Fsp3) is 0. The van der Waals surface area contributed by atoms with Gasteiger partial charge in [0.1, 0.15) is 0 Å². The molecule has 3 N–H and O–H groups in total. The van der Waals surface area contributed by atoms with E-state index in [0.717, 1.165) is 16.7 Å². The number of nitrogens with zero attached hydrogens (tertiary/aromatic N) is 1. The molecule has 0 unspecified atom stereocenters. The Morgan fingerprint density at radius 1 is 1.00 bits per heavy atom. The highest BCUT2D eigenvalue weighted by Crippen LogP contribution is 2.18. The van der Waals surface area contributed by atoms with Gasteiger partial charge in [0.15, 0.2) is 0 Å². The minimum atomic E-state index is -0.674. The van der Waals surface area contributed by atoms with Crippen molar-refractivity contribution < 1.29 is 4.79 Å². The maximum absolute atomic E-state index is 10.4. The molecule has 0 saturated carbocycles. The molecule has 0 aliphatic rings. The van der Waals surface area contributed by atoms with Crippen LogP contribution in [-0.2, 0) is 0 Å². The van der Waals surface area contributed by atoms with Crippen molar-refractivity contribution in [2.24, 2.45) is 10.8 Å². The van der Waals surface area contributed by atoms with Crippen LogP contribution in [0, 0.1) is 0 Å². The summed E-state index contributed by atoms with van der Waals surface area (Å²) in [5.74, 6) is 0. The van der Waals surface area contributed by atoms with Gasteiger partial charge in [-0.05, 0) is 16.7 Å². The third kappa shape index (κ3) is 3.18. The molecule has 0 aliphatic heterocycles. The van der Waals surface area contributed by atoms with E-state index in [4.69, 9.17) is 5.73 Å². The molecule has 18 heavy (non-hydrogen) atoms. The first-order chi connectivity index (χ1) is 8.75. The van der Waals surface area contributed by atoms with Gasteiger partial charge in [0, 0.05) is 0 Å². The summed E-state index contributed by atoms with van der Waals surface area (Å²) in [6, 6.07) is 17.3. The molecular weight excluding hydrogens is 226 g/mol. The normalized spacial score (nSPS) is 10.4. The lowest BCUT2D eigenvalue weighted by atomic mass is 10.0. The maximum Gasteiger partial charge on any atom is 0.332 e. The summed E-state index contributed by atoms with van der Waals surface area (Å²) < 4.78 is 0. The number of primary amides is 1. The SMILES string of the molecule is NC(=O)NN=Cc1ccc(-c2ccccc2)cc1. The van der Waals surface area contributed by atoms with Gasteiger partial charge in [-0.25, -0.2) is 10.2 Å². The summed E-state index contributed by atoms with van der Waals surface area (Å²) >= 11 is 0. The number of benzene rings is 2. The zero-order chi connectivity index (χ0) is 12.8. The van der Waals surface area contributed by atoms with Crippen molar-refractivity contribution in [1.82, 2.24) is 5.43 Å². The van der Waals surface area contributed by atoms with E-state index in [1.165, 1.54) is 0 Å². The number of hydrogen-bond acceptors (Lipinski definition) is 2. The maximum atomic E-state index is 10.4. The van der Waals surface area contributed by atoms with Crippen LogP contribution in [-0.4, -0.2) is 12.2 Å². The molecule has 2 aromatic rings. The smallest absolute Gasteiger partial charge is 0.332 e. The Hall–Kier alpha value is -2.62. The minimum Gasteiger partial charge on any atom is -0.350 e. The molecule has 0 heterocycles. The van der Waals surface area contributed by atoms with Crippen molar-refractivity contribution in [3.05, 3.63) is 60.2 Å². The van der Waals surface area contributed by atoms with Crippen molar-refractivity contribution in [1.29, 1.82) is 0 Å². The molecule has 0 aromatic heterocycles. The number of nitrogens with one attached hydrogen (secondary N) is 1. The lowest BCUT2D eigenvalue weighted by Crippen LogP contribution is -2.24. The van der Waals surface area contributed by atoms with Crippen LogP contribution in [0.4, 0.5) is 4.79 Å². The number of carbonyl (C=O) groups excluding carboxylic acids is 1. The second-order valence-corrected chi connectivity index (χ2v) is 3.72. The van der Waals surface area contributed by atoms with Gasteiger partial charge in [-0.1, -0.05) is 54.6 Å². The van der Waals surface area contributed by atoms with E-state index in [2.05, 4.69) is 22.7 Å². The van der Waals surface area contributed by atoms with Gasteiger partial charge in [-0.3, -0.25) is 0 Å². The molecular formula is C14H13N3O. The molecule has 90 valence electrons. The van der Waals surface area contributed by atoms with Crippen LogP contribution in [0.25, 0.3) is 11.1 Å². The largest absolute Gasteiger partial charge is 0.350 e. The second kappa shape index (κ2) is 5.63. The van der Waals surface area contributed by atoms with Crippen molar-refractivity contribution in [2.75, 3.05) is 0 Å². The Bertz CT molecular complexity index is 547. The first kappa shape index (κ1) is 11.9. The number of nitrogens with two attached hydrogens (primary N) is 1. The minimum absolute atomic E-state index is 0.674. The van der Waals surface area contributed by atoms with Crippen LogP contribution < -0.4 is 11.2 Å². The Labute approximate surface area is 105 Å². The van der Waals surface area contributed by atoms with E-state index in [-0.39, 0.29) is 0 Å². The number of hydrogen-bond donors (Lipinski definition) is 2. The van der Waals surface area contributed by atoms with E-state index in [1.54, 1.807) is 6.21 Å². The van der Waals surface area contributed by atoms with Crippen LogP contribution >= 0.6 is 0 Å². The van der Waals surface area contributed by atoms with Gasteiger partial charge in [-0.2, -0.15) is 5.10 Å². The van der Waals surface area contributed by atoms with Gasteiger partial charge < -0.3 is 5.73 Å². The molecule has 4 nitrogen and oxygen atoms in total. The molecule has 0 radical (unpaired) electrons. The van der Waals surface area contributed by atoms with Gasteiger partial charge in [0.25, 0.3) is 0 Å². The standard InChI is InChI=1S/C14H13N3O/c15-14(18)17-16-10-11-6-8-13(9-7-11)12-4-2-1-3-5-12/h1-10H,(H3,15,17,18). The molecule has 0 saturated heterocycles. The zero-order valence-corrected chi connectivity index (χ0v) is 9.71. The molecule has 2 amide bonds. The number of amides is 2. The summed E-state index contributed by atoms with van der Waals surface area (Å²) in [7, 11) is 0. The zero-order valence-electron chi connectivity index (χ0n) is 9.71. The molecule has 2 aromatic carbocycles. The van der Waals surface area contributed by atoms with Gasteiger partial charge >= 0.3 is 6.03 Å². The number of urea groups is 1. The fourth-order valence-electron chi connectivity index (χ4n) is 1.56. The summed E-state index contributed by atoms with van der Waals surface area (Å²) in [6.07, 6.45) is 1.54. The Kier molecular flexibility index (Phi) is 3.71. The van der Waals surface area contributed by atoms with Crippen LogP contribution in [0.2, 0.25) is 0 Å². The third-order valence-electron chi connectivity index (χ3n) is 2.41. The van der Waals surface area contributed by atoms with Crippen molar-refractivity contribution >= 4 is 12.2 Å². The average Bonchev–Trinajstić information content (AvgIpc) is 2.40. The molecule has 4 heteroatoms. The highest BCUT2D eigenvalue weighted by atomic mass is 16.2. The molecule has 0 fully saturated rings. The summed E-state index contributed by atoms with van der Waals surface area (Å²) in [6.45, 7) is 0. The van der Waals surface area contributed by atoms with Gasteiger partial charge in [0.2, 0.25) is 0 Å². The molecule has 0 aliphatic carbocycles.